The van der Waals surface area contributed by atoms with Crippen LogP contribution in [0, 0.1) is 0 Å². The quantitative estimate of drug-likeness (QED) is 0.710. The molecule has 1 aromatic rings. The van der Waals surface area contributed by atoms with Gasteiger partial charge in [-0.2, -0.15) is 0 Å². The van der Waals surface area contributed by atoms with Gasteiger partial charge in [0.2, 0.25) is 0 Å². The average Bonchev–Trinajstić information content (AvgIpc) is 2.06. The third kappa shape index (κ3) is 2.01. The number of hydrogen-bond acceptors (Lipinski definition) is 3. The van der Waals surface area contributed by atoms with Gasteiger partial charge in [0.1, 0.15) is 0 Å². The van der Waals surface area contributed by atoms with E-state index in [-0.39, 0.29) is 6.10 Å². The molecule has 4 N–H and O–H groups in total. The SMILES string of the molecule is Nc1cc(Br)ccc1NC1CC(O)C1. The molecule has 2 rings (SSSR count). The van der Waals surface area contributed by atoms with Crippen LogP contribution in [0.1, 0.15) is 12.8 Å². The van der Waals surface area contributed by atoms with Crippen LogP contribution in [0.3, 0.4) is 0 Å². The Labute approximate surface area is 91.4 Å². The van der Waals surface area contributed by atoms with Gasteiger partial charge in [0.25, 0.3) is 0 Å². The molecule has 0 aliphatic heterocycles. The van der Waals surface area contributed by atoms with Crippen molar-refractivity contribution >= 4 is 27.3 Å². The highest BCUT2D eigenvalue weighted by molar-refractivity contribution is 9.10. The molecule has 1 aromatic carbocycles. The molecule has 4 heteroatoms. The number of halogens is 1. The first kappa shape index (κ1) is 9.80. The fraction of sp³-hybridized carbons (Fsp3) is 0.400. The molecule has 3 nitrogen and oxygen atoms in total. The zero-order valence-corrected chi connectivity index (χ0v) is 9.29. The number of aliphatic hydroxyl groups is 1. The summed E-state index contributed by atoms with van der Waals surface area (Å²) in [5, 5.41) is 12.4. The summed E-state index contributed by atoms with van der Waals surface area (Å²) in [6.07, 6.45) is 1.49. The van der Waals surface area contributed by atoms with E-state index in [0.717, 1.165) is 28.7 Å². The van der Waals surface area contributed by atoms with E-state index >= 15 is 0 Å². The second-order valence-electron chi connectivity index (χ2n) is 3.70. The standard InChI is InChI=1S/C10H13BrN2O/c11-6-1-2-10(9(12)3-6)13-7-4-8(14)5-7/h1-3,7-8,13-14H,4-5,12H2. The van der Waals surface area contributed by atoms with Crippen molar-refractivity contribution in [2.75, 3.05) is 11.1 Å². The van der Waals surface area contributed by atoms with Gasteiger partial charge in [-0.05, 0) is 31.0 Å². The van der Waals surface area contributed by atoms with E-state index in [4.69, 9.17) is 10.8 Å². The Morgan fingerprint density at radius 2 is 2.14 bits per heavy atom. The third-order valence-corrected chi connectivity index (χ3v) is 2.98. The van der Waals surface area contributed by atoms with Gasteiger partial charge in [0.15, 0.2) is 0 Å². The highest BCUT2D eigenvalue weighted by Crippen LogP contribution is 2.28. The lowest BCUT2D eigenvalue weighted by Gasteiger charge is -2.33. The maximum Gasteiger partial charge on any atom is 0.0579 e. The molecule has 0 amide bonds. The topological polar surface area (TPSA) is 58.3 Å². The van der Waals surface area contributed by atoms with Crippen LogP contribution in [-0.4, -0.2) is 17.3 Å². The van der Waals surface area contributed by atoms with Crippen molar-refractivity contribution in [2.45, 2.75) is 25.0 Å². The summed E-state index contributed by atoms with van der Waals surface area (Å²) >= 11 is 3.36. The molecule has 0 spiro atoms. The Morgan fingerprint density at radius 1 is 1.43 bits per heavy atom. The van der Waals surface area contributed by atoms with Crippen molar-refractivity contribution in [3.05, 3.63) is 22.7 Å². The predicted octanol–water partition coefficient (Wildman–Crippen LogP) is 1.97. The summed E-state index contributed by atoms with van der Waals surface area (Å²) in [6.45, 7) is 0. The molecule has 0 bridgehead atoms. The number of anilines is 2. The van der Waals surface area contributed by atoms with Crippen LogP contribution >= 0.6 is 15.9 Å². The van der Waals surface area contributed by atoms with Gasteiger partial charge in [-0.15, -0.1) is 0 Å². The number of aliphatic hydroxyl groups excluding tert-OH is 1. The minimum Gasteiger partial charge on any atom is -0.397 e. The van der Waals surface area contributed by atoms with Crippen LogP contribution in [0.5, 0.6) is 0 Å². The lowest BCUT2D eigenvalue weighted by molar-refractivity contribution is 0.0837. The second-order valence-corrected chi connectivity index (χ2v) is 4.61. The van der Waals surface area contributed by atoms with Crippen LogP contribution < -0.4 is 11.1 Å². The number of hydrogen-bond donors (Lipinski definition) is 3. The van der Waals surface area contributed by atoms with E-state index < -0.39 is 0 Å². The van der Waals surface area contributed by atoms with E-state index in [1.54, 1.807) is 0 Å². The monoisotopic (exact) mass is 256 g/mol. The summed E-state index contributed by atoms with van der Waals surface area (Å²) in [5.41, 5.74) is 7.51. The van der Waals surface area contributed by atoms with Crippen molar-refractivity contribution in [3.63, 3.8) is 0 Å². The first-order valence-electron chi connectivity index (χ1n) is 4.65. The Bertz CT molecular complexity index is 337. The van der Waals surface area contributed by atoms with Gasteiger partial charge in [0.05, 0.1) is 17.5 Å². The molecule has 1 saturated carbocycles. The molecular formula is C10H13BrN2O. The minimum absolute atomic E-state index is 0.135. The van der Waals surface area contributed by atoms with Gasteiger partial charge >= 0.3 is 0 Å². The molecule has 1 fully saturated rings. The number of benzene rings is 1. The zero-order valence-electron chi connectivity index (χ0n) is 7.70. The molecule has 1 aliphatic carbocycles. The Kier molecular flexibility index (Phi) is 2.65. The molecule has 0 saturated heterocycles. The van der Waals surface area contributed by atoms with Gasteiger partial charge in [-0.1, -0.05) is 15.9 Å². The minimum atomic E-state index is -0.135. The average molecular weight is 257 g/mol. The maximum absolute atomic E-state index is 9.13. The molecule has 0 radical (unpaired) electrons. The van der Waals surface area contributed by atoms with Crippen LogP contribution in [0.25, 0.3) is 0 Å². The second kappa shape index (κ2) is 3.79. The van der Waals surface area contributed by atoms with Gasteiger partial charge in [-0.25, -0.2) is 0 Å². The molecule has 1 aliphatic rings. The van der Waals surface area contributed by atoms with Crippen molar-refractivity contribution in [1.29, 1.82) is 0 Å². The Balaban J connectivity index is 2.02. The summed E-state index contributed by atoms with van der Waals surface area (Å²) in [5.74, 6) is 0. The van der Waals surface area contributed by atoms with Crippen molar-refractivity contribution < 1.29 is 5.11 Å². The number of nitrogen functional groups attached to an aromatic ring is 1. The Hall–Kier alpha value is -0.740. The highest BCUT2D eigenvalue weighted by Gasteiger charge is 2.27. The summed E-state index contributed by atoms with van der Waals surface area (Å²) in [6, 6.07) is 6.14. The molecule has 0 unspecified atom stereocenters. The smallest absolute Gasteiger partial charge is 0.0579 e. The number of nitrogens with two attached hydrogens (primary N) is 1. The summed E-state index contributed by atoms with van der Waals surface area (Å²) < 4.78 is 0.981. The van der Waals surface area contributed by atoms with Crippen LogP contribution in [0.2, 0.25) is 0 Å². The molecule has 0 heterocycles. The molecule has 14 heavy (non-hydrogen) atoms. The summed E-state index contributed by atoms with van der Waals surface area (Å²) in [4.78, 5) is 0. The number of nitrogens with one attached hydrogen (secondary N) is 1. The van der Waals surface area contributed by atoms with Crippen molar-refractivity contribution in [1.82, 2.24) is 0 Å². The predicted molar refractivity (Wildman–Crippen MR) is 61.2 cm³/mol. The molecular weight excluding hydrogens is 244 g/mol. The van der Waals surface area contributed by atoms with Crippen LogP contribution in [-0.2, 0) is 0 Å². The van der Waals surface area contributed by atoms with Gasteiger partial charge in [-0.3, -0.25) is 0 Å². The van der Waals surface area contributed by atoms with E-state index in [9.17, 15) is 0 Å². The van der Waals surface area contributed by atoms with E-state index in [1.165, 1.54) is 0 Å². The maximum atomic E-state index is 9.13. The van der Waals surface area contributed by atoms with Crippen LogP contribution in [0.15, 0.2) is 22.7 Å². The first-order chi connectivity index (χ1) is 6.65. The van der Waals surface area contributed by atoms with Gasteiger partial charge < -0.3 is 16.2 Å². The van der Waals surface area contributed by atoms with Crippen molar-refractivity contribution in [2.24, 2.45) is 0 Å². The number of rotatable bonds is 2. The fourth-order valence-corrected chi connectivity index (χ4v) is 1.97. The largest absolute Gasteiger partial charge is 0.397 e. The summed E-state index contributed by atoms with van der Waals surface area (Å²) in [7, 11) is 0. The van der Waals surface area contributed by atoms with E-state index in [0.29, 0.717) is 6.04 Å². The zero-order chi connectivity index (χ0) is 10.1. The fourth-order valence-electron chi connectivity index (χ4n) is 1.59. The molecule has 0 atom stereocenters. The lowest BCUT2D eigenvalue weighted by atomic mass is 9.89. The highest BCUT2D eigenvalue weighted by atomic mass is 79.9. The van der Waals surface area contributed by atoms with E-state index in [2.05, 4.69) is 21.2 Å². The molecule has 76 valence electrons. The normalized spacial score (nSPS) is 25.6. The Morgan fingerprint density at radius 3 is 2.71 bits per heavy atom. The third-order valence-electron chi connectivity index (χ3n) is 2.49. The van der Waals surface area contributed by atoms with E-state index in [1.807, 2.05) is 18.2 Å². The first-order valence-corrected chi connectivity index (χ1v) is 5.44. The van der Waals surface area contributed by atoms with Crippen molar-refractivity contribution in [3.8, 4) is 0 Å². The van der Waals surface area contributed by atoms with Gasteiger partial charge in [0, 0.05) is 10.5 Å². The van der Waals surface area contributed by atoms with Crippen LogP contribution in [0.4, 0.5) is 11.4 Å². The lowest BCUT2D eigenvalue weighted by Crippen LogP contribution is -2.39. The molecule has 0 aromatic heterocycles.